The number of halogens is 1. The molecule has 7 nitrogen and oxygen atoms in total. The Hall–Kier alpha value is -2.52. The van der Waals surface area contributed by atoms with Crippen LogP contribution >= 0.6 is 0 Å². The fourth-order valence-corrected chi connectivity index (χ4v) is 5.12. The number of hydrogen-bond acceptors (Lipinski definition) is 5. The molecule has 9 heteroatoms. The van der Waals surface area contributed by atoms with E-state index in [2.05, 4.69) is 10.3 Å². The monoisotopic (exact) mass is 434 g/mol. The van der Waals surface area contributed by atoms with Gasteiger partial charge in [-0.2, -0.15) is 8.70 Å². The van der Waals surface area contributed by atoms with Crippen LogP contribution in [-0.2, 0) is 10.0 Å². The van der Waals surface area contributed by atoms with Crippen molar-refractivity contribution in [3.63, 3.8) is 0 Å². The number of carbonyl (C=O) groups is 1. The zero-order valence-electron chi connectivity index (χ0n) is 17.3. The summed E-state index contributed by atoms with van der Waals surface area (Å²) in [5, 5.41) is 2.78. The summed E-state index contributed by atoms with van der Waals surface area (Å²) in [5.74, 6) is -1.16. The van der Waals surface area contributed by atoms with Gasteiger partial charge in [-0.1, -0.05) is 6.42 Å². The standard InChI is InChI=1S/C21H27FN4O3S/c1-3-25(4-2)19-10-9-17(30(28,29)26-12-6-5-7-13-26)14-18(19)24-21(27)16-8-11-20(22)23-15-16/h8-11,14-15H,3-7,12-13H2,1-2H3,(H,24,27). The van der Waals surface area contributed by atoms with Gasteiger partial charge in [-0.15, -0.1) is 0 Å². The number of rotatable bonds is 7. The summed E-state index contributed by atoms with van der Waals surface area (Å²) in [4.78, 5) is 18.4. The smallest absolute Gasteiger partial charge is 0.257 e. The van der Waals surface area contributed by atoms with Crippen LogP contribution in [0.15, 0.2) is 41.4 Å². The van der Waals surface area contributed by atoms with E-state index in [1.165, 1.54) is 16.4 Å². The normalized spacial score (nSPS) is 15.0. The second kappa shape index (κ2) is 9.53. The third-order valence-corrected chi connectivity index (χ3v) is 7.16. The summed E-state index contributed by atoms with van der Waals surface area (Å²) in [5.41, 5.74) is 1.30. The molecular weight excluding hydrogens is 407 g/mol. The van der Waals surface area contributed by atoms with Crippen molar-refractivity contribution in [3.8, 4) is 0 Å². The fraction of sp³-hybridized carbons (Fsp3) is 0.429. The topological polar surface area (TPSA) is 82.6 Å². The first-order valence-electron chi connectivity index (χ1n) is 10.2. The summed E-state index contributed by atoms with van der Waals surface area (Å²) >= 11 is 0. The quantitative estimate of drug-likeness (QED) is 0.675. The number of anilines is 2. The maximum atomic E-state index is 13.1. The van der Waals surface area contributed by atoms with E-state index in [9.17, 15) is 17.6 Å². The molecule has 1 aromatic heterocycles. The number of carbonyl (C=O) groups excluding carboxylic acids is 1. The number of nitrogens with zero attached hydrogens (tertiary/aromatic N) is 3. The minimum Gasteiger partial charge on any atom is -0.370 e. The number of amides is 1. The molecule has 0 atom stereocenters. The summed E-state index contributed by atoms with van der Waals surface area (Å²) in [7, 11) is -3.64. The number of hydrogen-bond donors (Lipinski definition) is 1. The maximum Gasteiger partial charge on any atom is 0.257 e. The van der Waals surface area contributed by atoms with Crippen molar-refractivity contribution in [3.05, 3.63) is 48.0 Å². The highest BCUT2D eigenvalue weighted by molar-refractivity contribution is 7.89. The first-order valence-corrected chi connectivity index (χ1v) is 11.6. The highest BCUT2D eigenvalue weighted by atomic mass is 32.2. The number of piperidine rings is 1. The number of aromatic nitrogens is 1. The van der Waals surface area contributed by atoms with E-state index in [1.54, 1.807) is 12.1 Å². The first-order chi connectivity index (χ1) is 14.4. The Morgan fingerprint density at radius 3 is 2.43 bits per heavy atom. The molecule has 1 aliphatic heterocycles. The predicted octanol–water partition coefficient (Wildman–Crippen LogP) is 3.49. The Kier molecular flexibility index (Phi) is 7.04. The van der Waals surface area contributed by atoms with Gasteiger partial charge in [0.1, 0.15) is 0 Å². The Morgan fingerprint density at radius 1 is 1.13 bits per heavy atom. The first kappa shape index (κ1) is 22.2. The second-order valence-electron chi connectivity index (χ2n) is 7.14. The molecule has 0 spiro atoms. The molecule has 162 valence electrons. The molecule has 3 rings (SSSR count). The van der Waals surface area contributed by atoms with Crippen LogP contribution in [0.3, 0.4) is 0 Å². The van der Waals surface area contributed by atoms with Crippen LogP contribution in [0.5, 0.6) is 0 Å². The van der Waals surface area contributed by atoms with Gasteiger partial charge in [-0.05, 0) is 57.0 Å². The van der Waals surface area contributed by atoms with E-state index in [0.717, 1.165) is 37.2 Å². The highest BCUT2D eigenvalue weighted by Gasteiger charge is 2.27. The second-order valence-corrected chi connectivity index (χ2v) is 9.08. The van der Waals surface area contributed by atoms with E-state index in [0.29, 0.717) is 31.9 Å². The SMILES string of the molecule is CCN(CC)c1ccc(S(=O)(=O)N2CCCCC2)cc1NC(=O)c1ccc(F)nc1. The molecule has 1 N–H and O–H groups in total. The molecule has 1 amide bonds. The maximum absolute atomic E-state index is 13.1. The Balaban J connectivity index is 1.98. The van der Waals surface area contributed by atoms with Crippen LogP contribution in [0.4, 0.5) is 15.8 Å². The van der Waals surface area contributed by atoms with Crippen molar-refractivity contribution in [1.29, 1.82) is 0 Å². The van der Waals surface area contributed by atoms with Crippen LogP contribution in [0.25, 0.3) is 0 Å². The largest absolute Gasteiger partial charge is 0.370 e. The van der Waals surface area contributed by atoms with Crippen molar-refractivity contribution >= 4 is 27.3 Å². The minimum absolute atomic E-state index is 0.146. The van der Waals surface area contributed by atoms with Crippen LogP contribution in [0.1, 0.15) is 43.5 Å². The van der Waals surface area contributed by atoms with Crippen LogP contribution in [0.2, 0.25) is 0 Å². The number of pyridine rings is 1. The molecule has 0 radical (unpaired) electrons. The number of sulfonamides is 1. The average molecular weight is 435 g/mol. The predicted molar refractivity (Wildman–Crippen MR) is 115 cm³/mol. The third kappa shape index (κ3) is 4.79. The number of benzene rings is 1. The lowest BCUT2D eigenvalue weighted by atomic mass is 10.2. The van der Waals surface area contributed by atoms with Crippen molar-refractivity contribution < 1.29 is 17.6 Å². The Labute approximate surface area is 177 Å². The molecule has 0 saturated carbocycles. The van der Waals surface area contributed by atoms with E-state index in [4.69, 9.17) is 0 Å². The van der Waals surface area contributed by atoms with Crippen molar-refractivity contribution in [2.45, 2.75) is 38.0 Å². The minimum atomic E-state index is -3.64. The number of nitrogens with one attached hydrogen (secondary N) is 1. The van der Waals surface area contributed by atoms with E-state index < -0.39 is 21.9 Å². The van der Waals surface area contributed by atoms with Gasteiger partial charge in [0.25, 0.3) is 5.91 Å². The summed E-state index contributed by atoms with van der Waals surface area (Å²) < 4.78 is 40.8. The fourth-order valence-electron chi connectivity index (χ4n) is 3.57. The molecule has 30 heavy (non-hydrogen) atoms. The zero-order chi connectivity index (χ0) is 21.7. The molecule has 0 aliphatic carbocycles. The van der Waals surface area contributed by atoms with Gasteiger partial charge in [-0.25, -0.2) is 13.4 Å². The zero-order valence-corrected chi connectivity index (χ0v) is 18.1. The van der Waals surface area contributed by atoms with Gasteiger partial charge in [-0.3, -0.25) is 4.79 Å². The van der Waals surface area contributed by atoms with Gasteiger partial charge in [0.15, 0.2) is 0 Å². The van der Waals surface area contributed by atoms with E-state index in [-0.39, 0.29) is 10.5 Å². The van der Waals surface area contributed by atoms with Crippen LogP contribution < -0.4 is 10.2 Å². The van der Waals surface area contributed by atoms with Gasteiger partial charge in [0, 0.05) is 32.4 Å². The molecule has 1 aliphatic rings. The van der Waals surface area contributed by atoms with Crippen LogP contribution in [0, 0.1) is 5.95 Å². The summed E-state index contributed by atoms with van der Waals surface area (Å²) in [6.45, 7) is 6.35. The molecule has 0 bridgehead atoms. The molecular formula is C21H27FN4O3S. The lowest BCUT2D eigenvalue weighted by Gasteiger charge is -2.28. The Morgan fingerprint density at radius 2 is 1.83 bits per heavy atom. The lowest BCUT2D eigenvalue weighted by Crippen LogP contribution is -2.35. The van der Waals surface area contributed by atoms with E-state index in [1.807, 2.05) is 18.7 Å². The summed E-state index contributed by atoms with van der Waals surface area (Å²) in [6.07, 6.45) is 3.87. The molecule has 1 aromatic carbocycles. The van der Waals surface area contributed by atoms with Crippen molar-refractivity contribution in [2.75, 3.05) is 36.4 Å². The summed E-state index contributed by atoms with van der Waals surface area (Å²) in [6, 6.07) is 7.27. The van der Waals surface area contributed by atoms with Gasteiger partial charge >= 0.3 is 0 Å². The van der Waals surface area contributed by atoms with Gasteiger partial charge in [0.2, 0.25) is 16.0 Å². The van der Waals surface area contributed by atoms with Gasteiger partial charge < -0.3 is 10.2 Å². The van der Waals surface area contributed by atoms with E-state index >= 15 is 0 Å². The van der Waals surface area contributed by atoms with Crippen molar-refractivity contribution in [1.82, 2.24) is 9.29 Å². The molecule has 1 fully saturated rings. The average Bonchev–Trinajstić information content (AvgIpc) is 2.76. The highest BCUT2D eigenvalue weighted by Crippen LogP contribution is 2.31. The molecule has 0 unspecified atom stereocenters. The van der Waals surface area contributed by atoms with Crippen molar-refractivity contribution in [2.24, 2.45) is 0 Å². The lowest BCUT2D eigenvalue weighted by molar-refractivity contribution is 0.102. The van der Waals surface area contributed by atoms with Gasteiger partial charge in [0.05, 0.1) is 21.8 Å². The third-order valence-electron chi connectivity index (χ3n) is 5.26. The molecule has 2 heterocycles. The van der Waals surface area contributed by atoms with Crippen LogP contribution in [-0.4, -0.2) is 49.8 Å². The molecule has 1 saturated heterocycles. The molecule has 2 aromatic rings. The Bertz CT molecular complexity index is 986.